The molecule has 0 aliphatic carbocycles. The summed E-state index contributed by atoms with van der Waals surface area (Å²) in [5.74, 6) is -2.12. The summed E-state index contributed by atoms with van der Waals surface area (Å²) in [4.78, 5) is 23.6. The lowest BCUT2D eigenvalue weighted by molar-refractivity contribution is 0.0690. The minimum absolute atomic E-state index is 0.168. The lowest BCUT2D eigenvalue weighted by Crippen LogP contribution is -2.04. The number of aromatic carboxylic acids is 1. The molecule has 12 heavy (non-hydrogen) atoms. The number of carbonyl (C=O) groups excluding carboxylic acids is 1. The lowest BCUT2D eigenvalue weighted by atomic mass is 10.3. The molecule has 0 bridgehead atoms. The topological polar surface area (TPSA) is 67.3 Å². The molecule has 1 rings (SSSR count). The number of carbonyl (C=O) groups is 2. The van der Waals surface area contributed by atoms with Crippen molar-refractivity contribution in [2.24, 2.45) is 0 Å². The van der Waals surface area contributed by atoms with Gasteiger partial charge in [0.15, 0.2) is 12.1 Å². The molecule has 0 fully saturated rings. The van der Waals surface area contributed by atoms with Crippen molar-refractivity contribution in [3.8, 4) is 0 Å². The fourth-order valence-corrected chi connectivity index (χ4v) is 0.660. The summed E-state index contributed by atoms with van der Waals surface area (Å²) in [5.41, 5.74) is -0.839. The zero-order chi connectivity index (χ0) is 9.14. The maximum Gasteiger partial charge on any atom is 0.354 e. The number of carboxylic acid groups (broad SMARTS) is 1. The smallest absolute Gasteiger partial charge is 0.354 e. The Bertz CT molecular complexity index is 337. The van der Waals surface area contributed by atoms with Gasteiger partial charge < -0.3 is 5.11 Å². The summed E-state index contributed by atoms with van der Waals surface area (Å²) in [6, 6.07) is 1.88. The number of aldehydes is 1. The Hall–Kier alpha value is -1.78. The second kappa shape index (κ2) is 3.08. The van der Waals surface area contributed by atoms with Crippen molar-refractivity contribution >= 4 is 12.3 Å². The first-order chi connectivity index (χ1) is 5.65. The number of nitrogens with zero attached hydrogens (tertiary/aromatic N) is 1. The third kappa shape index (κ3) is 1.45. The van der Waals surface area contributed by atoms with E-state index in [4.69, 9.17) is 5.11 Å². The van der Waals surface area contributed by atoms with Gasteiger partial charge in [-0.2, -0.15) is 0 Å². The maximum atomic E-state index is 12.5. The molecule has 1 heterocycles. The summed E-state index contributed by atoms with van der Waals surface area (Å²) in [7, 11) is 0. The summed E-state index contributed by atoms with van der Waals surface area (Å²) < 4.78 is 12.5. The predicted molar refractivity (Wildman–Crippen MR) is 36.5 cm³/mol. The van der Waals surface area contributed by atoms with Crippen molar-refractivity contribution in [2.45, 2.75) is 0 Å². The van der Waals surface area contributed by atoms with E-state index in [1.807, 2.05) is 0 Å². The Morgan fingerprint density at radius 1 is 1.58 bits per heavy atom. The minimum Gasteiger partial charge on any atom is -0.477 e. The predicted octanol–water partition coefficient (Wildman–Crippen LogP) is 0.731. The third-order valence-electron chi connectivity index (χ3n) is 1.20. The highest BCUT2D eigenvalue weighted by molar-refractivity contribution is 5.86. The first-order valence-corrected chi connectivity index (χ1v) is 3.00. The van der Waals surface area contributed by atoms with Crippen molar-refractivity contribution < 1.29 is 19.1 Å². The van der Waals surface area contributed by atoms with Crippen LogP contribution in [0.25, 0.3) is 0 Å². The normalized spacial score (nSPS) is 9.42. The molecule has 0 atom stereocenters. The van der Waals surface area contributed by atoms with Crippen molar-refractivity contribution in [2.75, 3.05) is 0 Å². The van der Waals surface area contributed by atoms with Gasteiger partial charge in [-0.1, -0.05) is 0 Å². The van der Waals surface area contributed by atoms with Gasteiger partial charge in [0.25, 0.3) is 0 Å². The van der Waals surface area contributed by atoms with Crippen molar-refractivity contribution in [3.05, 3.63) is 29.3 Å². The maximum absolute atomic E-state index is 12.5. The first-order valence-electron chi connectivity index (χ1n) is 3.00. The molecular formula is C7H4FNO3. The molecule has 0 unspecified atom stereocenters. The van der Waals surface area contributed by atoms with E-state index in [1.54, 1.807) is 0 Å². The molecule has 1 N–H and O–H groups in total. The van der Waals surface area contributed by atoms with Gasteiger partial charge in [0, 0.05) is 0 Å². The van der Waals surface area contributed by atoms with Gasteiger partial charge in [-0.15, -0.1) is 0 Å². The van der Waals surface area contributed by atoms with Crippen molar-refractivity contribution in [1.82, 2.24) is 4.98 Å². The molecule has 1 aromatic heterocycles. The number of hydrogen-bond donors (Lipinski definition) is 1. The van der Waals surface area contributed by atoms with Gasteiger partial charge in [-0.25, -0.2) is 14.2 Å². The van der Waals surface area contributed by atoms with Crippen LogP contribution in [0.5, 0.6) is 0 Å². The number of carboxylic acids is 1. The van der Waals surface area contributed by atoms with Gasteiger partial charge in [0.1, 0.15) is 11.4 Å². The Kier molecular flexibility index (Phi) is 2.14. The van der Waals surface area contributed by atoms with E-state index >= 15 is 0 Å². The van der Waals surface area contributed by atoms with Gasteiger partial charge >= 0.3 is 5.97 Å². The van der Waals surface area contributed by atoms with Crippen LogP contribution in [0.4, 0.5) is 4.39 Å². The van der Waals surface area contributed by atoms with E-state index in [1.165, 1.54) is 0 Å². The molecule has 0 radical (unpaired) electrons. The number of halogens is 1. The van der Waals surface area contributed by atoms with Crippen molar-refractivity contribution in [3.63, 3.8) is 0 Å². The highest BCUT2D eigenvalue weighted by atomic mass is 19.1. The standard InChI is InChI=1S/C7H4FNO3/c8-4-1-2-5(7(11)12)9-6(4)3-10/h1-3H,(H,11,12). The Morgan fingerprint density at radius 2 is 2.25 bits per heavy atom. The monoisotopic (exact) mass is 169 g/mol. The van der Waals surface area contributed by atoms with E-state index in [9.17, 15) is 14.0 Å². The van der Waals surface area contributed by atoms with Crippen LogP contribution in [-0.4, -0.2) is 22.3 Å². The molecule has 4 nitrogen and oxygen atoms in total. The molecule has 0 aliphatic heterocycles. The Balaban J connectivity index is 3.22. The molecular weight excluding hydrogens is 165 g/mol. The van der Waals surface area contributed by atoms with Crippen LogP contribution >= 0.6 is 0 Å². The van der Waals surface area contributed by atoms with Crippen LogP contribution in [-0.2, 0) is 0 Å². The lowest BCUT2D eigenvalue weighted by Gasteiger charge is -1.95. The SMILES string of the molecule is O=Cc1nc(C(=O)O)ccc1F. The van der Waals surface area contributed by atoms with Crippen LogP contribution in [0, 0.1) is 5.82 Å². The largest absolute Gasteiger partial charge is 0.477 e. The summed E-state index contributed by atoms with van der Waals surface area (Å²) in [6.45, 7) is 0. The van der Waals surface area contributed by atoms with E-state index in [0.29, 0.717) is 0 Å². The van der Waals surface area contributed by atoms with Gasteiger partial charge in [-0.05, 0) is 12.1 Å². The second-order valence-corrected chi connectivity index (χ2v) is 1.99. The van der Waals surface area contributed by atoms with E-state index in [-0.39, 0.29) is 12.0 Å². The highest BCUT2D eigenvalue weighted by Crippen LogP contribution is 2.03. The van der Waals surface area contributed by atoms with Gasteiger partial charge in [-0.3, -0.25) is 4.79 Å². The van der Waals surface area contributed by atoms with E-state index in [2.05, 4.69) is 4.98 Å². The van der Waals surface area contributed by atoms with E-state index in [0.717, 1.165) is 12.1 Å². The average molecular weight is 169 g/mol. The van der Waals surface area contributed by atoms with Crippen molar-refractivity contribution in [1.29, 1.82) is 0 Å². The molecule has 1 aromatic rings. The Morgan fingerprint density at radius 3 is 2.75 bits per heavy atom. The van der Waals surface area contributed by atoms with Crippen LogP contribution in [0.1, 0.15) is 21.0 Å². The molecule has 0 spiro atoms. The summed E-state index contributed by atoms with van der Waals surface area (Å²) in [6.07, 6.45) is 0.168. The zero-order valence-corrected chi connectivity index (χ0v) is 5.82. The number of aromatic nitrogens is 1. The van der Waals surface area contributed by atoms with E-state index < -0.39 is 17.5 Å². The van der Waals surface area contributed by atoms with Gasteiger partial charge in [0.2, 0.25) is 0 Å². The van der Waals surface area contributed by atoms with Crippen LogP contribution in [0.15, 0.2) is 12.1 Å². The number of pyridine rings is 1. The first kappa shape index (κ1) is 8.32. The fraction of sp³-hybridized carbons (Fsp3) is 0. The minimum atomic E-state index is -1.29. The molecule has 0 aromatic carbocycles. The van der Waals surface area contributed by atoms with Crippen LogP contribution < -0.4 is 0 Å². The fourth-order valence-electron chi connectivity index (χ4n) is 0.660. The molecule has 0 aliphatic rings. The average Bonchev–Trinajstić information content (AvgIpc) is 2.05. The quantitative estimate of drug-likeness (QED) is 0.662. The third-order valence-corrected chi connectivity index (χ3v) is 1.20. The summed E-state index contributed by atoms with van der Waals surface area (Å²) >= 11 is 0. The van der Waals surface area contributed by atoms with Gasteiger partial charge in [0.05, 0.1) is 0 Å². The summed E-state index contributed by atoms with van der Waals surface area (Å²) in [5, 5.41) is 8.39. The molecule has 0 saturated heterocycles. The molecule has 0 saturated carbocycles. The molecule has 0 amide bonds. The van der Waals surface area contributed by atoms with Crippen LogP contribution in [0.3, 0.4) is 0 Å². The zero-order valence-electron chi connectivity index (χ0n) is 5.82. The number of hydrogen-bond acceptors (Lipinski definition) is 3. The highest BCUT2D eigenvalue weighted by Gasteiger charge is 2.08. The number of rotatable bonds is 2. The Labute approximate surface area is 66.7 Å². The second-order valence-electron chi connectivity index (χ2n) is 1.99. The molecule has 5 heteroatoms. The molecule has 62 valence electrons. The van der Waals surface area contributed by atoms with Crippen LogP contribution in [0.2, 0.25) is 0 Å².